The summed E-state index contributed by atoms with van der Waals surface area (Å²) in [6, 6.07) is 17.2. The fourth-order valence-corrected chi connectivity index (χ4v) is 2.42. The molecule has 2 aromatic carbocycles. The van der Waals surface area contributed by atoms with Crippen LogP contribution in [0.4, 0.5) is 0 Å². The molecule has 0 bridgehead atoms. The SMILES string of the molecule is Cc1cc(C2=NCCC=C2)cc(-c2ccccc2)c1. The number of aryl methyl sites for hydroxylation is 1. The summed E-state index contributed by atoms with van der Waals surface area (Å²) in [5.41, 5.74) is 6.12. The largest absolute Gasteiger partial charge is 0.284 e. The zero-order chi connectivity index (χ0) is 13.1. The molecule has 0 atom stereocenters. The number of nitrogens with zero attached hydrogens (tertiary/aromatic N) is 1. The Bertz CT molecular complexity index is 636. The monoisotopic (exact) mass is 247 g/mol. The van der Waals surface area contributed by atoms with Gasteiger partial charge >= 0.3 is 0 Å². The van der Waals surface area contributed by atoms with Gasteiger partial charge in [0.1, 0.15) is 0 Å². The number of benzene rings is 2. The summed E-state index contributed by atoms with van der Waals surface area (Å²) in [5.74, 6) is 0. The zero-order valence-corrected chi connectivity index (χ0v) is 11.1. The average Bonchev–Trinajstić information content (AvgIpc) is 2.48. The van der Waals surface area contributed by atoms with Gasteiger partial charge in [0.2, 0.25) is 0 Å². The van der Waals surface area contributed by atoms with Gasteiger partial charge < -0.3 is 0 Å². The maximum atomic E-state index is 4.61. The summed E-state index contributed by atoms with van der Waals surface area (Å²) in [4.78, 5) is 4.61. The van der Waals surface area contributed by atoms with Gasteiger partial charge in [-0.3, -0.25) is 4.99 Å². The number of hydrogen-bond donors (Lipinski definition) is 0. The lowest BCUT2D eigenvalue weighted by Crippen LogP contribution is -2.03. The highest BCUT2D eigenvalue weighted by molar-refractivity contribution is 6.09. The molecule has 1 heterocycles. The van der Waals surface area contributed by atoms with Crippen LogP contribution in [0.3, 0.4) is 0 Å². The lowest BCUT2D eigenvalue weighted by atomic mass is 9.97. The summed E-state index contributed by atoms with van der Waals surface area (Å²) < 4.78 is 0. The van der Waals surface area contributed by atoms with Crippen molar-refractivity contribution in [2.75, 3.05) is 6.54 Å². The summed E-state index contributed by atoms with van der Waals surface area (Å²) in [6.07, 6.45) is 5.39. The van der Waals surface area contributed by atoms with Crippen molar-refractivity contribution in [2.45, 2.75) is 13.3 Å². The van der Waals surface area contributed by atoms with Crippen LogP contribution in [0.2, 0.25) is 0 Å². The van der Waals surface area contributed by atoms with Crippen molar-refractivity contribution in [1.29, 1.82) is 0 Å². The predicted octanol–water partition coefficient (Wildman–Crippen LogP) is 4.41. The van der Waals surface area contributed by atoms with Gasteiger partial charge in [0.15, 0.2) is 0 Å². The van der Waals surface area contributed by atoms with Gasteiger partial charge in [-0.1, -0.05) is 42.5 Å². The van der Waals surface area contributed by atoms with Gasteiger partial charge in [0.05, 0.1) is 5.71 Å². The molecule has 0 saturated carbocycles. The summed E-state index contributed by atoms with van der Waals surface area (Å²) in [5, 5.41) is 0. The molecule has 0 aliphatic carbocycles. The maximum Gasteiger partial charge on any atom is 0.0643 e. The first-order chi connectivity index (χ1) is 9.33. The Balaban J connectivity index is 2.06. The molecule has 0 N–H and O–H groups in total. The standard InChI is InChI=1S/C18H17N/c1-14-11-16(15-7-3-2-4-8-15)13-17(12-14)18-9-5-6-10-19-18/h2-5,7-9,11-13H,6,10H2,1H3. The molecular formula is C18H17N. The van der Waals surface area contributed by atoms with Gasteiger partial charge in [-0.05, 0) is 48.2 Å². The first-order valence-corrected chi connectivity index (χ1v) is 6.71. The van der Waals surface area contributed by atoms with Crippen LogP contribution < -0.4 is 0 Å². The van der Waals surface area contributed by atoms with E-state index in [4.69, 9.17) is 0 Å². The molecule has 1 nitrogen and oxygen atoms in total. The van der Waals surface area contributed by atoms with Crippen LogP contribution in [0.25, 0.3) is 11.1 Å². The van der Waals surface area contributed by atoms with Crippen LogP contribution in [0.15, 0.2) is 65.7 Å². The molecule has 1 heteroatoms. The molecular weight excluding hydrogens is 230 g/mol. The number of allylic oxidation sites excluding steroid dienone is 1. The van der Waals surface area contributed by atoms with E-state index in [9.17, 15) is 0 Å². The van der Waals surface area contributed by atoms with Crippen LogP contribution in [-0.2, 0) is 0 Å². The van der Waals surface area contributed by atoms with Gasteiger partial charge in [-0.25, -0.2) is 0 Å². The topological polar surface area (TPSA) is 12.4 Å². The van der Waals surface area contributed by atoms with Crippen molar-refractivity contribution in [2.24, 2.45) is 4.99 Å². The van der Waals surface area contributed by atoms with Crippen LogP contribution >= 0.6 is 0 Å². The van der Waals surface area contributed by atoms with E-state index >= 15 is 0 Å². The van der Waals surface area contributed by atoms with Gasteiger partial charge in [0, 0.05) is 12.1 Å². The Hall–Kier alpha value is -2.15. The summed E-state index contributed by atoms with van der Waals surface area (Å²) in [6.45, 7) is 3.05. The van der Waals surface area contributed by atoms with Crippen LogP contribution in [0.5, 0.6) is 0 Å². The minimum absolute atomic E-state index is 0.903. The lowest BCUT2D eigenvalue weighted by Gasteiger charge is -2.10. The third-order valence-electron chi connectivity index (χ3n) is 3.33. The number of hydrogen-bond acceptors (Lipinski definition) is 1. The van der Waals surface area contributed by atoms with E-state index in [0.717, 1.165) is 18.7 Å². The summed E-state index contributed by atoms with van der Waals surface area (Å²) >= 11 is 0. The van der Waals surface area contributed by atoms with Gasteiger partial charge in [-0.15, -0.1) is 0 Å². The lowest BCUT2D eigenvalue weighted by molar-refractivity contribution is 0.994. The van der Waals surface area contributed by atoms with Crippen molar-refractivity contribution in [3.63, 3.8) is 0 Å². The van der Waals surface area contributed by atoms with E-state index in [1.54, 1.807) is 0 Å². The van der Waals surface area contributed by atoms with Gasteiger partial charge in [0.25, 0.3) is 0 Å². The van der Waals surface area contributed by atoms with Crippen LogP contribution in [0, 0.1) is 6.92 Å². The van der Waals surface area contributed by atoms with Crippen molar-refractivity contribution in [1.82, 2.24) is 0 Å². The first-order valence-electron chi connectivity index (χ1n) is 6.71. The Morgan fingerprint density at radius 1 is 0.895 bits per heavy atom. The van der Waals surface area contributed by atoms with E-state index < -0.39 is 0 Å². The van der Waals surface area contributed by atoms with E-state index in [1.165, 1.54) is 22.3 Å². The predicted molar refractivity (Wildman–Crippen MR) is 81.8 cm³/mol. The molecule has 0 aromatic heterocycles. The fourth-order valence-electron chi connectivity index (χ4n) is 2.42. The molecule has 2 aromatic rings. The molecule has 0 amide bonds. The Morgan fingerprint density at radius 2 is 1.68 bits per heavy atom. The molecule has 0 spiro atoms. The third kappa shape index (κ3) is 2.65. The molecule has 0 radical (unpaired) electrons. The molecule has 3 rings (SSSR count). The van der Waals surface area contributed by atoms with Crippen molar-refractivity contribution >= 4 is 5.71 Å². The number of rotatable bonds is 2. The Morgan fingerprint density at radius 3 is 2.42 bits per heavy atom. The van der Waals surface area contributed by atoms with Crippen molar-refractivity contribution < 1.29 is 0 Å². The minimum atomic E-state index is 0.903. The average molecular weight is 247 g/mol. The highest BCUT2D eigenvalue weighted by Gasteiger charge is 2.06. The molecule has 1 aliphatic rings. The Labute approximate surface area is 114 Å². The van der Waals surface area contributed by atoms with E-state index in [2.05, 4.69) is 66.5 Å². The fraction of sp³-hybridized carbons (Fsp3) is 0.167. The van der Waals surface area contributed by atoms with E-state index in [-0.39, 0.29) is 0 Å². The second kappa shape index (κ2) is 5.23. The molecule has 94 valence electrons. The molecule has 19 heavy (non-hydrogen) atoms. The highest BCUT2D eigenvalue weighted by atomic mass is 14.7. The second-order valence-corrected chi connectivity index (χ2v) is 4.91. The minimum Gasteiger partial charge on any atom is -0.284 e. The second-order valence-electron chi connectivity index (χ2n) is 4.91. The van der Waals surface area contributed by atoms with Crippen molar-refractivity contribution in [3.05, 3.63) is 71.8 Å². The number of aliphatic imine (C=N–C) groups is 1. The number of dihydropyridines is 1. The summed E-state index contributed by atoms with van der Waals surface area (Å²) in [7, 11) is 0. The van der Waals surface area contributed by atoms with E-state index in [0.29, 0.717) is 0 Å². The first kappa shape index (κ1) is 11.9. The van der Waals surface area contributed by atoms with Crippen molar-refractivity contribution in [3.8, 4) is 11.1 Å². The maximum absolute atomic E-state index is 4.61. The molecule has 0 unspecified atom stereocenters. The van der Waals surface area contributed by atoms with Gasteiger partial charge in [-0.2, -0.15) is 0 Å². The third-order valence-corrected chi connectivity index (χ3v) is 3.33. The molecule has 0 saturated heterocycles. The molecule has 1 aliphatic heterocycles. The van der Waals surface area contributed by atoms with Crippen LogP contribution in [-0.4, -0.2) is 12.3 Å². The Kier molecular flexibility index (Phi) is 3.28. The zero-order valence-electron chi connectivity index (χ0n) is 11.1. The smallest absolute Gasteiger partial charge is 0.0643 e. The quantitative estimate of drug-likeness (QED) is 0.745. The molecule has 0 fully saturated rings. The van der Waals surface area contributed by atoms with Crippen LogP contribution in [0.1, 0.15) is 17.5 Å². The van der Waals surface area contributed by atoms with E-state index in [1.807, 2.05) is 6.07 Å². The highest BCUT2D eigenvalue weighted by Crippen LogP contribution is 2.23. The normalized spacial score (nSPS) is 14.3.